The Bertz CT molecular complexity index is 910. The van der Waals surface area contributed by atoms with E-state index in [1.54, 1.807) is 23.8 Å². The van der Waals surface area contributed by atoms with Crippen LogP contribution in [-0.2, 0) is 21.9 Å². The van der Waals surface area contributed by atoms with E-state index in [2.05, 4.69) is 30.4 Å². The number of amides is 2. The van der Waals surface area contributed by atoms with Gasteiger partial charge in [-0.25, -0.2) is 0 Å². The number of hydrogen-bond acceptors (Lipinski definition) is 4. The molecule has 178 valence electrons. The molecule has 0 aliphatic heterocycles. The van der Waals surface area contributed by atoms with Crippen molar-refractivity contribution in [1.29, 1.82) is 0 Å². The summed E-state index contributed by atoms with van der Waals surface area (Å²) in [6, 6.07) is 15.7. The summed E-state index contributed by atoms with van der Waals surface area (Å²) in [5.74, 6) is 1.80. The highest BCUT2D eigenvalue weighted by Gasteiger charge is 2.28. The van der Waals surface area contributed by atoms with Gasteiger partial charge in [0.1, 0.15) is 11.8 Å². The number of rotatable bonds is 10. The fraction of sp³-hybridized carbons (Fsp3) is 0.481. The number of ether oxygens (including phenoxy) is 1. The van der Waals surface area contributed by atoms with E-state index in [4.69, 9.17) is 4.74 Å². The Morgan fingerprint density at radius 2 is 1.82 bits per heavy atom. The van der Waals surface area contributed by atoms with Gasteiger partial charge in [0.2, 0.25) is 11.8 Å². The number of carbonyl (C=O) groups is 2. The van der Waals surface area contributed by atoms with E-state index in [0.717, 1.165) is 42.7 Å². The minimum atomic E-state index is -0.527. The number of aryl methyl sites for hydroxylation is 1. The van der Waals surface area contributed by atoms with E-state index in [1.807, 2.05) is 37.3 Å². The number of nitrogens with one attached hydrogen (secondary N) is 1. The molecular formula is C27H36N2O3S. The van der Waals surface area contributed by atoms with Crippen molar-refractivity contribution in [1.82, 2.24) is 10.2 Å². The average molecular weight is 469 g/mol. The van der Waals surface area contributed by atoms with Gasteiger partial charge in [0.15, 0.2) is 0 Å². The average Bonchev–Trinajstić information content (AvgIpc) is 2.83. The molecule has 1 fully saturated rings. The molecule has 0 unspecified atom stereocenters. The van der Waals surface area contributed by atoms with Gasteiger partial charge >= 0.3 is 0 Å². The van der Waals surface area contributed by atoms with Gasteiger partial charge in [-0.15, -0.1) is 11.8 Å². The van der Waals surface area contributed by atoms with Gasteiger partial charge in [0.05, 0.1) is 12.9 Å². The van der Waals surface area contributed by atoms with E-state index >= 15 is 0 Å². The van der Waals surface area contributed by atoms with Crippen LogP contribution < -0.4 is 10.1 Å². The van der Waals surface area contributed by atoms with Crippen LogP contribution in [0.1, 0.15) is 55.7 Å². The Morgan fingerprint density at radius 1 is 1.09 bits per heavy atom. The first-order chi connectivity index (χ1) is 16.0. The summed E-state index contributed by atoms with van der Waals surface area (Å²) >= 11 is 1.59. The maximum atomic E-state index is 13.3. The van der Waals surface area contributed by atoms with Crippen LogP contribution in [0.5, 0.6) is 5.75 Å². The largest absolute Gasteiger partial charge is 0.497 e. The molecule has 2 aromatic rings. The Hall–Kier alpha value is -2.47. The molecule has 0 bridgehead atoms. The summed E-state index contributed by atoms with van der Waals surface area (Å²) in [6.07, 6.45) is 5.60. The number of nitrogens with zero attached hydrogens (tertiary/aromatic N) is 1. The zero-order valence-electron chi connectivity index (χ0n) is 20.0. The molecule has 0 saturated heterocycles. The van der Waals surface area contributed by atoms with Crippen molar-refractivity contribution < 1.29 is 14.3 Å². The van der Waals surface area contributed by atoms with Gasteiger partial charge < -0.3 is 15.0 Å². The Morgan fingerprint density at radius 3 is 2.48 bits per heavy atom. The van der Waals surface area contributed by atoms with Crippen LogP contribution in [0, 0.1) is 6.92 Å². The third-order valence-corrected chi connectivity index (χ3v) is 7.20. The smallest absolute Gasteiger partial charge is 0.242 e. The van der Waals surface area contributed by atoms with Crippen molar-refractivity contribution in [2.75, 3.05) is 12.9 Å². The van der Waals surface area contributed by atoms with Crippen molar-refractivity contribution in [3.63, 3.8) is 0 Å². The number of hydrogen-bond donors (Lipinski definition) is 1. The molecule has 6 heteroatoms. The highest BCUT2D eigenvalue weighted by atomic mass is 32.2. The van der Waals surface area contributed by atoms with Crippen molar-refractivity contribution in [2.45, 2.75) is 70.3 Å². The lowest BCUT2D eigenvalue weighted by Gasteiger charge is -2.31. The summed E-state index contributed by atoms with van der Waals surface area (Å²) < 4.78 is 5.25. The van der Waals surface area contributed by atoms with Gasteiger partial charge in [-0.2, -0.15) is 0 Å². The number of thioether (sulfide) groups is 1. The first-order valence-corrected chi connectivity index (χ1v) is 13.0. The molecule has 2 amide bonds. The minimum Gasteiger partial charge on any atom is -0.497 e. The molecule has 2 aromatic carbocycles. The highest BCUT2D eigenvalue weighted by molar-refractivity contribution is 7.99. The monoisotopic (exact) mass is 468 g/mol. The van der Waals surface area contributed by atoms with E-state index in [-0.39, 0.29) is 17.9 Å². The lowest BCUT2D eigenvalue weighted by atomic mass is 9.95. The van der Waals surface area contributed by atoms with Crippen molar-refractivity contribution in [3.8, 4) is 5.75 Å². The number of carbonyl (C=O) groups excluding carboxylic acids is 2. The van der Waals surface area contributed by atoms with Crippen LogP contribution in [0.15, 0.2) is 48.5 Å². The maximum absolute atomic E-state index is 13.3. The molecule has 33 heavy (non-hydrogen) atoms. The summed E-state index contributed by atoms with van der Waals surface area (Å²) in [5.41, 5.74) is 3.40. The molecule has 1 aliphatic rings. The summed E-state index contributed by atoms with van der Waals surface area (Å²) in [4.78, 5) is 28.0. The predicted octanol–water partition coefficient (Wildman–Crippen LogP) is 5.10. The van der Waals surface area contributed by atoms with Crippen LogP contribution in [-0.4, -0.2) is 41.7 Å². The van der Waals surface area contributed by atoms with Crippen molar-refractivity contribution >= 4 is 23.6 Å². The quantitative estimate of drug-likeness (QED) is 0.527. The lowest BCUT2D eigenvalue weighted by Crippen LogP contribution is -2.50. The number of methoxy groups -OCH3 is 1. The second kappa shape index (κ2) is 12.7. The van der Waals surface area contributed by atoms with E-state index in [9.17, 15) is 9.59 Å². The molecule has 0 heterocycles. The summed E-state index contributed by atoms with van der Waals surface area (Å²) in [6.45, 7) is 4.31. The Labute approximate surface area is 202 Å². The van der Waals surface area contributed by atoms with Crippen LogP contribution >= 0.6 is 11.8 Å². The molecule has 0 aromatic heterocycles. The van der Waals surface area contributed by atoms with E-state index in [1.165, 1.54) is 17.5 Å². The molecule has 5 nitrogen and oxygen atoms in total. The SMILES string of the molecule is COc1ccc(CN(C(=O)CSCc2cccc(C)c2)[C@@H](C)C(=O)NC2CCCCC2)cc1. The van der Waals surface area contributed by atoms with Gasteiger partial charge in [0, 0.05) is 18.3 Å². The topological polar surface area (TPSA) is 58.6 Å². The van der Waals surface area contributed by atoms with E-state index < -0.39 is 6.04 Å². The van der Waals surface area contributed by atoms with Crippen LogP contribution in [0.4, 0.5) is 0 Å². The van der Waals surface area contributed by atoms with Crippen molar-refractivity contribution in [3.05, 3.63) is 65.2 Å². The molecule has 1 aliphatic carbocycles. The molecule has 0 radical (unpaired) electrons. The first-order valence-electron chi connectivity index (χ1n) is 11.8. The molecule has 1 saturated carbocycles. The highest BCUT2D eigenvalue weighted by Crippen LogP contribution is 2.20. The van der Waals surface area contributed by atoms with Gasteiger partial charge in [0.25, 0.3) is 0 Å². The first kappa shape index (κ1) is 25.2. The Kier molecular flexibility index (Phi) is 9.67. The second-order valence-corrected chi connectivity index (χ2v) is 9.86. The third-order valence-electron chi connectivity index (χ3n) is 6.21. The molecule has 3 rings (SSSR count). The molecule has 1 atom stereocenters. The fourth-order valence-electron chi connectivity index (χ4n) is 4.22. The van der Waals surface area contributed by atoms with Gasteiger partial charge in [-0.1, -0.05) is 61.2 Å². The maximum Gasteiger partial charge on any atom is 0.242 e. The zero-order valence-corrected chi connectivity index (χ0v) is 20.8. The van der Waals surface area contributed by atoms with Crippen LogP contribution in [0.2, 0.25) is 0 Å². The molecule has 1 N–H and O–H groups in total. The normalized spacial score (nSPS) is 15.0. The lowest BCUT2D eigenvalue weighted by molar-refractivity contribution is -0.139. The van der Waals surface area contributed by atoms with Gasteiger partial charge in [-0.05, 0) is 49.9 Å². The third kappa shape index (κ3) is 7.81. The Balaban J connectivity index is 1.65. The van der Waals surface area contributed by atoms with Crippen molar-refractivity contribution in [2.24, 2.45) is 0 Å². The van der Waals surface area contributed by atoms with Gasteiger partial charge in [-0.3, -0.25) is 9.59 Å². The zero-order chi connectivity index (χ0) is 23.6. The van der Waals surface area contributed by atoms with Crippen LogP contribution in [0.25, 0.3) is 0 Å². The second-order valence-electron chi connectivity index (χ2n) is 8.87. The summed E-state index contributed by atoms with van der Waals surface area (Å²) in [5, 5.41) is 3.19. The minimum absolute atomic E-state index is 0.0187. The van der Waals surface area contributed by atoms with E-state index in [0.29, 0.717) is 12.3 Å². The summed E-state index contributed by atoms with van der Waals surface area (Å²) in [7, 11) is 1.63. The molecular weight excluding hydrogens is 432 g/mol. The van der Waals surface area contributed by atoms with Crippen LogP contribution in [0.3, 0.4) is 0 Å². The predicted molar refractivity (Wildman–Crippen MR) is 135 cm³/mol. The molecule has 0 spiro atoms. The number of benzene rings is 2. The standard InChI is InChI=1S/C27H36N2O3S/c1-20-8-7-9-23(16-20)18-33-19-26(30)29(17-22-12-14-25(32-3)15-13-22)21(2)27(31)28-24-10-5-4-6-11-24/h7-9,12-16,21,24H,4-6,10-11,17-19H2,1-3H3,(H,28,31)/t21-/m0/s1. The fourth-order valence-corrected chi connectivity index (χ4v) is 5.08.